The van der Waals surface area contributed by atoms with Crippen molar-refractivity contribution in [2.45, 2.75) is 37.0 Å². The van der Waals surface area contributed by atoms with E-state index in [0.29, 0.717) is 13.1 Å². The molecule has 0 aromatic heterocycles. The van der Waals surface area contributed by atoms with Gasteiger partial charge in [0, 0.05) is 13.1 Å². The van der Waals surface area contributed by atoms with E-state index in [1.54, 1.807) is 0 Å². The molecule has 2 aliphatic rings. The highest BCUT2D eigenvalue weighted by Crippen LogP contribution is 2.42. The van der Waals surface area contributed by atoms with Crippen molar-refractivity contribution < 1.29 is 18.3 Å². The summed E-state index contributed by atoms with van der Waals surface area (Å²) in [5.74, 6) is -1.11. The maximum absolute atomic E-state index is 12.9. The SMILES string of the molecule is CN1CCCC2(CC1)CCN(S(=O)(=O)c1cccc(C(=O)O)c1)CC2. The molecule has 0 saturated carbocycles. The largest absolute Gasteiger partial charge is 0.478 e. The summed E-state index contributed by atoms with van der Waals surface area (Å²) in [6.45, 7) is 3.23. The summed E-state index contributed by atoms with van der Waals surface area (Å²) in [5, 5.41) is 9.09. The molecule has 7 heteroatoms. The van der Waals surface area contributed by atoms with Crippen molar-refractivity contribution in [3.63, 3.8) is 0 Å². The number of hydrogen-bond acceptors (Lipinski definition) is 4. The second kappa shape index (κ2) is 7.05. The number of hydrogen-bond donors (Lipinski definition) is 1. The van der Waals surface area contributed by atoms with Crippen LogP contribution in [0.3, 0.4) is 0 Å². The van der Waals surface area contributed by atoms with Gasteiger partial charge in [0.15, 0.2) is 0 Å². The average Bonchev–Trinajstić information content (AvgIpc) is 2.77. The molecule has 25 heavy (non-hydrogen) atoms. The van der Waals surface area contributed by atoms with Gasteiger partial charge in [-0.3, -0.25) is 0 Å². The summed E-state index contributed by atoms with van der Waals surface area (Å²) in [7, 11) is -1.49. The second-order valence-electron chi connectivity index (χ2n) is 7.39. The topological polar surface area (TPSA) is 77.9 Å². The average molecular weight is 366 g/mol. The molecule has 1 N–H and O–H groups in total. The first-order valence-corrected chi connectivity index (χ1v) is 10.3. The third kappa shape index (κ3) is 3.88. The fourth-order valence-electron chi connectivity index (χ4n) is 4.03. The molecule has 3 rings (SSSR count). The van der Waals surface area contributed by atoms with E-state index in [9.17, 15) is 13.2 Å². The fraction of sp³-hybridized carbons (Fsp3) is 0.611. The van der Waals surface area contributed by atoms with Crippen LogP contribution in [-0.4, -0.2) is 61.9 Å². The Labute approximate surface area is 149 Å². The first-order chi connectivity index (χ1) is 11.8. The lowest BCUT2D eigenvalue weighted by Crippen LogP contribution is -2.43. The number of carboxylic acids is 1. The van der Waals surface area contributed by atoms with Crippen LogP contribution >= 0.6 is 0 Å². The lowest BCUT2D eigenvalue weighted by atomic mass is 9.73. The van der Waals surface area contributed by atoms with Crippen molar-refractivity contribution in [2.75, 3.05) is 33.2 Å². The Hall–Kier alpha value is -1.44. The Morgan fingerprint density at radius 3 is 2.44 bits per heavy atom. The Bertz CT molecular complexity index is 739. The van der Waals surface area contributed by atoms with E-state index in [4.69, 9.17) is 5.11 Å². The normalized spacial score (nSPS) is 22.6. The summed E-state index contributed by atoms with van der Waals surface area (Å²) >= 11 is 0. The molecule has 0 atom stereocenters. The second-order valence-corrected chi connectivity index (χ2v) is 9.33. The first kappa shape index (κ1) is 18.4. The van der Waals surface area contributed by atoms with Crippen molar-refractivity contribution >= 4 is 16.0 Å². The van der Waals surface area contributed by atoms with Gasteiger partial charge in [0.1, 0.15) is 0 Å². The van der Waals surface area contributed by atoms with E-state index in [2.05, 4.69) is 11.9 Å². The van der Waals surface area contributed by atoms with Crippen molar-refractivity contribution in [2.24, 2.45) is 5.41 Å². The maximum Gasteiger partial charge on any atom is 0.335 e. The number of sulfonamides is 1. The van der Waals surface area contributed by atoms with Crippen LogP contribution in [-0.2, 0) is 10.0 Å². The van der Waals surface area contributed by atoms with Crippen molar-refractivity contribution in [1.82, 2.24) is 9.21 Å². The van der Waals surface area contributed by atoms with Crippen LogP contribution in [0.2, 0.25) is 0 Å². The molecule has 1 aromatic carbocycles. The highest BCUT2D eigenvalue weighted by molar-refractivity contribution is 7.89. The molecule has 1 aromatic rings. The summed E-state index contributed by atoms with van der Waals surface area (Å²) < 4.78 is 27.3. The fourth-order valence-corrected chi connectivity index (χ4v) is 5.52. The summed E-state index contributed by atoms with van der Waals surface area (Å²) in [6, 6.07) is 5.63. The predicted molar refractivity (Wildman–Crippen MR) is 95.2 cm³/mol. The van der Waals surface area contributed by atoms with Gasteiger partial charge in [0.2, 0.25) is 10.0 Å². The van der Waals surface area contributed by atoms with Crippen LogP contribution in [0.25, 0.3) is 0 Å². The van der Waals surface area contributed by atoms with Gasteiger partial charge in [-0.2, -0.15) is 4.31 Å². The zero-order chi connectivity index (χ0) is 18.1. The van der Waals surface area contributed by atoms with E-state index in [1.807, 2.05) is 0 Å². The Morgan fingerprint density at radius 2 is 1.76 bits per heavy atom. The number of nitrogens with zero attached hydrogens (tertiary/aromatic N) is 2. The summed E-state index contributed by atoms with van der Waals surface area (Å²) in [6.07, 6.45) is 5.24. The van der Waals surface area contributed by atoms with E-state index in [-0.39, 0.29) is 15.9 Å². The minimum absolute atomic E-state index is 0.00126. The van der Waals surface area contributed by atoms with Crippen molar-refractivity contribution in [3.8, 4) is 0 Å². The number of carbonyl (C=O) groups is 1. The van der Waals surface area contributed by atoms with Crippen molar-refractivity contribution in [1.29, 1.82) is 0 Å². The van der Waals surface area contributed by atoms with Crippen LogP contribution in [0.4, 0.5) is 0 Å². The zero-order valence-electron chi connectivity index (χ0n) is 14.6. The van der Waals surface area contributed by atoms with Crippen LogP contribution in [0.15, 0.2) is 29.2 Å². The zero-order valence-corrected chi connectivity index (χ0v) is 15.5. The standard InChI is InChI=1S/C18H26N2O4S/c1-19-10-3-6-18(7-11-19)8-12-20(13-9-18)25(23,24)16-5-2-4-15(14-16)17(21)22/h2,4-5,14H,3,6-13H2,1H3,(H,21,22). The van der Waals surface area contributed by atoms with Crippen molar-refractivity contribution in [3.05, 3.63) is 29.8 Å². The first-order valence-electron chi connectivity index (χ1n) is 8.85. The lowest BCUT2D eigenvalue weighted by Gasteiger charge is -2.41. The van der Waals surface area contributed by atoms with Crippen LogP contribution in [0.5, 0.6) is 0 Å². The summed E-state index contributed by atoms with van der Waals surface area (Å²) in [5.41, 5.74) is 0.265. The molecule has 2 saturated heterocycles. The van der Waals surface area contributed by atoms with E-state index >= 15 is 0 Å². The van der Waals surface area contributed by atoms with Gasteiger partial charge in [0.25, 0.3) is 0 Å². The van der Waals surface area contributed by atoms with Gasteiger partial charge in [-0.15, -0.1) is 0 Å². The molecule has 1 spiro atoms. The molecule has 0 bridgehead atoms. The molecular weight excluding hydrogens is 340 g/mol. The highest BCUT2D eigenvalue weighted by atomic mass is 32.2. The minimum atomic E-state index is -3.63. The number of aromatic carboxylic acids is 1. The molecule has 2 aliphatic heterocycles. The Kier molecular flexibility index (Phi) is 5.18. The number of rotatable bonds is 3. The molecular formula is C18H26N2O4S. The molecule has 6 nitrogen and oxygen atoms in total. The quantitative estimate of drug-likeness (QED) is 0.888. The third-order valence-electron chi connectivity index (χ3n) is 5.77. The van der Waals surface area contributed by atoms with Gasteiger partial charge >= 0.3 is 5.97 Å². The van der Waals surface area contributed by atoms with Crippen LogP contribution < -0.4 is 0 Å². The third-order valence-corrected chi connectivity index (χ3v) is 7.67. The Morgan fingerprint density at radius 1 is 1.08 bits per heavy atom. The molecule has 0 amide bonds. The van der Waals surface area contributed by atoms with Crippen LogP contribution in [0.1, 0.15) is 42.5 Å². The molecule has 0 radical (unpaired) electrons. The smallest absolute Gasteiger partial charge is 0.335 e. The van der Waals surface area contributed by atoms with Gasteiger partial charge < -0.3 is 10.0 Å². The van der Waals surface area contributed by atoms with Gasteiger partial charge in [-0.05, 0) is 75.9 Å². The Balaban J connectivity index is 1.73. The highest BCUT2D eigenvalue weighted by Gasteiger charge is 2.39. The van der Waals surface area contributed by atoms with E-state index in [1.165, 1.54) is 41.4 Å². The molecule has 2 heterocycles. The van der Waals surface area contributed by atoms with Crippen LogP contribution in [0, 0.1) is 5.41 Å². The molecule has 2 fully saturated rings. The predicted octanol–water partition coefficient (Wildman–Crippen LogP) is 2.27. The van der Waals surface area contributed by atoms with Gasteiger partial charge in [-0.1, -0.05) is 6.07 Å². The maximum atomic E-state index is 12.9. The number of benzene rings is 1. The van der Waals surface area contributed by atoms with E-state index < -0.39 is 16.0 Å². The minimum Gasteiger partial charge on any atom is -0.478 e. The number of piperidine rings is 1. The monoisotopic (exact) mass is 366 g/mol. The summed E-state index contributed by atoms with van der Waals surface area (Å²) in [4.78, 5) is 13.5. The molecule has 0 unspecified atom stereocenters. The number of likely N-dealkylation sites (tertiary alicyclic amines) is 1. The molecule has 0 aliphatic carbocycles. The van der Waals surface area contributed by atoms with Gasteiger partial charge in [0.05, 0.1) is 10.5 Å². The molecule has 138 valence electrons. The van der Waals surface area contributed by atoms with Gasteiger partial charge in [-0.25, -0.2) is 13.2 Å². The number of carboxylic acid groups (broad SMARTS) is 1. The van der Waals surface area contributed by atoms with E-state index in [0.717, 1.165) is 32.4 Å². The lowest BCUT2D eigenvalue weighted by molar-refractivity contribution is 0.0696.